The van der Waals surface area contributed by atoms with Crippen molar-refractivity contribution < 1.29 is 18.7 Å². The summed E-state index contributed by atoms with van der Waals surface area (Å²) in [6, 6.07) is 17.7. The lowest BCUT2D eigenvalue weighted by molar-refractivity contribution is -0.115. The molecular formula is C25H23N3O4S. The molecule has 0 unspecified atom stereocenters. The van der Waals surface area contributed by atoms with Crippen LogP contribution in [0.3, 0.4) is 0 Å². The van der Waals surface area contributed by atoms with E-state index in [2.05, 4.69) is 15.6 Å². The number of amides is 2. The maximum Gasteiger partial charge on any atom is 0.255 e. The molecule has 0 aliphatic heterocycles. The molecule has 0 fully saturated rings. The Labute approximate surface area is 195 Å². The number of hydrogen-bond donors (Lipinski definition) is 2. The van der Waals surface area contributed by atoms with Gasteiger partial charge in [0.05, 0.1) is 18.7 Å². The van der Waals surface area contributed by atoms with Gasteiger partial charge in [0.1, 0.15) is 11.5 Å². The maximum atomic E-state index is 12.5. The number of hydrogen-bond acceptors (Lipinski definition) is 6. The summed E-state index contributed by atoms with van der Waals surface area (Å²) in [5, 5.41) is 8.27. The van der Waals surface area contributed by atoms with Gasteiger partial charge < -0.3 is 19.8 Å². The van der Waals surface area contributed by atoms with E-state index in [1.165, 1.54) is 11.3 Å². The average Bonchev–Trinajstić information content (AvgIpc) is 3.44. The number of nitrogens with zero attached hydrogens (tertiary/aromatic N) is 1. The fourth-order valence-corrected chi connectivity index (χ4v) is 3.91. The van der Waals surface area contributed by atoms with Gasteiger partial charge in [0.25, 0.3) is 5.91 Å². The summed E-state index contributed by atoms with van der Waals surface area (Å²) in [7, 11) is 0. The molecule has 0 spiro atoms. The van der Waals surface area contributed by atoms with Crippen LogP contribution in [0.25, 0.3) is 10.8 Å². The van der Waals surface area contributed by atoms with Gasteiger partial charge >= 0.3 is 0 Å². The number of anilines is 2. The molecule has 8 heteroatoms. The van der Waals surface area contributed by atoms with E-state index in [1.54, 1.807) is 48.5 Å². The topological polar surface area (TPSA) is 93.5 Å². The molecule has 0 radical (unpaired) electrons. The Kier molecular flexibility index (Phi) is 6.85. The summed E-state index contributed by atoms with van der Waals surface area (Å²) in [5.74, 6) is 1.84. The highest BCUT2D eigenvalue weighted by molar-refractivity contribution is 7.13. The number of nitrogens with one attached hydrogen (secondary N) is 2. The van der Waals surface area contributed by atoms with Crippen LogP contribution in [0.15, 0.2) is 70.5 Å². The van der Waals surface area contributed by atoms with Crippen LogP contribution < -0.4 is 15.4 Å². The SMILES string of the molecule is CCOc1ccc(NC(=O)c2ccc(NC(=O)Cc3csc(-c4ccc(C)o4)n3)cc2)cc1. The van der Waals surface area contributed by atoms with Gasteiger partial charge in [0.2, 0.25) is 5.91 Å². The Morgan fingerprint density at radius 1 is 0.970 bits per heavy atom. The van der Waals surface area contributed by atoms with Gasteiger partial charge in [-0.2, -0.15) is 0 Å². The molecule has 0 bridgehead atoms. The standard InChI is InChI=1S/C25H23N3O4S/c1-3-31-21-11-9-19(10-12-21)27-24(30)17-5-7-18(8-6-17)26-23(29)14-20-15-33-25(28-20)22-13-4-16(2)32-22/h4-13,15H,3,14H2,1-2H3,(H,26,29)(H,27,30). The van der Waals surface area contributed by atoms with Gasteiger partial charge in [0.15, 0.2) is 10.8 Å². The molecule has 0 atom stereocenters. The highest BCUT2D eigenvalue weighted by Gasteiger charge is 2.12. The van der Waals surface area contributed by atoms with E-state index < -0.39 is 0 Å². The first-order valence-electron chi connectivity index (χ1n) is 10.5. The number of furan rings is 1. The van der Waals surface area contributed by atoms with Gasteiger partial charge in [-0.15, -0.1) is 11.3 Å². The molecule has 2 heterocycles. The van der Waals surface area contributed by atoms with Crippen molar-refractivity contribution in [2.75, 3.05) is 17.2 Å². The summed E-state index contributed by atoms with van der Waals surface area (Å²) in [6.45, 7) is 4.38. The molecule has 2 amide bonds. The molecule has 2 aromatic heterocycles. The molecule has 2 aromatic carbocycles. The average molecular weight is 462 g/mol. The first-order valence-corrected chi connectivity index (χ1v) is 11.3. The second kappa shape index (κ2) is 10.1. The monoisotopic (exact) mass is 461 g/mol. The van der Waals surface area contributed by atoms with E-state index in [4.69, 9.17) is 9.15 Å². The minimum absolute atomic E-state index is 0.149. The Bertz CT molecular complexity index is 1240. The number of aromatic nitrogens is 1. The molecule has 2 N–H and O–H groups in total. The second-order valence-electron chi connectivity index (χ2n) is 7.27. The highest BCUT2D eigenvalue weighted by Crippen LogP contribution is 2.26. The van der Waals surface area contributed by atoms with Crippen LogP contribution in [-0.2, 0) is 11.2 Å². The normalized spacial score (nSPS) is 10.6. The van der Waals surface area contributed by atoms with Crippen molar-refractivity contribution >= 4 is 34.5 Å². The Morgan fingerprint density at radius 3 is 2.33 bits per heavy atom. The van der Waals surface area contributed by atoms with Crippen LogP contribution in [0.1, 0.15) is 28.7 Å². The maximum absolute atomic E-state index is 12.5. The van der Waals surface area contributed by atoms with Crippen molar-refractivity contribution in [3.8, 4) is 16.5 Å². The number of rotatable bonds is 8. The fourth-order valence-electron chi connectivity index (χ4n) is 3.13. The molecule has 0 saturated carbocycles. The molecular weight excluding hydrogens is 438 g/mol. The predicted molar refractivity (Wildman–Crippen MR) is 129 cm³/mol. The van der Waals surface area contributed by atoms with E-state index in [9.17, 15) is 9.59 Å². The van der Waals surface area contributed by atoms with Crippen molar-refractivity contribution in [3.05, 3.63) is 83.1 Å². The van der Waals surface area contributed by atoms with Gasteiger partial charge in [-0.25, -0.2) is 4.98 Å². The lowest BCUT2D eigenvalue weighted by Gasteiger charge is -2.08. The molecule has 33 heavy (non-hydrogen) atoms. The lowest BCUT2D eigenvalue weighted by atomic mass is 10.2. The van der Waals surface area contributed by atoms with E-state index in [1.807, 2.05) is 31.4 Å². The molecule has 0 aliphatic rings. The fraction of sp³-hybridized carbons (Fsp3) is 0.160. The van der Waals surface area contributed by atoms with Crippen molar-refractivity contribution in [1.29, 1.82) is 0 Å². The van der Waals surface area contributed by atoms with Crippen molar-refractivity contribution in [1.82, 2.24) is 4.98 Å². The minimum atomic E-state index is -0.236. The molecule has 4 rings (SSSR count). The zero-order valence-electron chi connectivity index (χ0n) is 18.3. The molecule has 168 valence electrons. The number of ether oxygens (including phenoxy) is 1. The number of aryl methyl sites for hydroxylation is 1. The largest absolute Gasteiger partial charge is 0.494 e. The summed E-state index contributed by atoms with van der Waals surface area (Å²) in [4.78, 5) is 29.4. The van der Waals surface area contributed by atoms with E-state index in [0.717, 1.165) is 16.5 Å². The number of benzene rings is 2. The van der Waals surface area contributed by atoms with Crippen molar-refractivity contribution in [3.63, 3.8) is 0 Å². The van der Waals surface area contributed by atoms with Crippen molar-refractivity contribution in [2.24, 2.45) is 0 Å². The first kappa shape index (κ1) is 22.3. The molecule has 0 saturated heterocycles. The summed E-state index contributed by atoms with van der Waals surface area (Å²) < 4.78 is 11.0. The van der Waals surface area contributed by atoms with Gasteiger partial charge in [-0.3, -0.25) is 9.59 Å². The number of carbonyl (C=O) groups is 2. The number of carbonyl (C=O) groups excluding carboxylic acids is 2. The summed E-state index contributed by atoms with van der Waals surface area (Å²) in [5.41, 5.74) is 2.44. The zero-order valence-corrected chi connectivity index (χ0v) is 19.1. The lowest BCUT2D eigenvalue weighted by Crippen LogP contribution is -2.15. The van der Waals surface area contributed by atoms with E-state index in [-0.39, 0.29) is 18.2 Å². The summed E-state index contributed by atoms with van der Waals surface area (Å²) >= 11 is 1.44. The smallest absolute Gasteiger partial charge is 0.255 e. The quantitative estimate of drug-likeness (QED) is 0.359. The van der Waals surface area contributed by atoms with Crippen LogP contribution >= 0.6 is 11.3 Å². The van der Waals surface area contributed by atoms with Gasteiger partial charge in [0, 0.05) is 22.3 Å². The third-order valence-corrected chi connectivity index (χ3v) is 5.60. The third kappa shape index (κ3) is 5.87. The van der Waals surface area contributed by atoms with Crippen LogP contribution in [0, 0.1) is 6.92 Å². The van der Waals surface area contributed by atoms with Gasteiger partial charge in [-0.1, -0.05) is 0 Å². The van der Waals surface area contributed by atoms with Crippen LogP contribution in [0.2, 0.25) is 0 Å². The van der Waals surface area contributed by atoms with Crippen LogP contribution in [-0.4, -0.2) is 23.4 Å². The Hall–Kier alpha value is -3.91. The van der Waals surface area contributed by atoms with E-state index in [0.29, 0.717) is 35.0 Å². The third-order valence-electron chi connectivity index (χ3n) is 4.70. The highest BCUT2D eigenvalue weighted by atomic mass is 32.1. The second-order valence-corrected chi connectivity index (χ2v) is 8.13. The number of thiazole rings is 1. The summed E-state index contributed by atoms with van der Waals surface area (Å²) in [6.07, 6.45) is 0.149. The van der Waals surface area contributed by atoms with Gasteiger partial charge in [-0.05, 0) is 74.5 Å². The first-order chi connectivity index (χ1) is 16.0. The van der Waals surface area contributed by atoms with Crippen LogP contribution in [0.5, 0.6) is 5.75 Å². The predicted octanol–water partition coefficient (Wildman–Crippen LogP) is 5.54. The van der Waals surface area contributed by atoms with Crippen molar-refractivity contribution in [2.45, 2.75) is 20.3 Å². The van der Waals surface area contributed by atoms with E-state index >= 15 is 0 Å². The molecule has 7 nitrogen and oxygen atoms in total. The Balaban J connectivity index is 1.31. The molecule has 0 aliphatic carbocycles. The molecule has 4 aromatic rings. The van der Waals surface area contributed by atoms with Crippen LogP contribution in [0.4, 0.5) is 11.4 Å². The minimum Gasteiger partial charge on any atom is -0.494 e. The zero-order chi connectivity index (χ0) is 23.2. The Morgan fingerprint density at radius 2 is 1.67 bits per heavy atom.